The number of thiophene rings is 1. The van der Waals surface area contributed by atoms with Crippen molar-refractivity contribution in [3.63, 3.8) is 0 Å². The number of hydrogen-bond acceptors (Lipinski definition) is 2. The van der Waals surface area contributed by atoms with Crippen molar-refractivity contribution in [3.8, 4) is 5.69 Å². The van der Waals surface area contributed by atoms with Gasteiger partial charge in [0, 0.05) is 42.7 Å². The second kappa shape index (κ2) is 13.2. The Kier molecular flexibility index (Phi) is 7.50. The third-order valence-corrected chi connectivity index (χ3v) is 17.0. The fourth-order valence-corrected chi connectivity index (χ4v) is 13.9. The van der Waals surface area contributed by atoms with E-state index in [1.54, 1.807) is 0 Å². The molecule has 2 aliphatic heterocycles. The summed E-state index contributed by atoms with van der Waals surface area (Å²) in [6.45, 7) is 13.9. The van der Waals surface area contributed by atoms with Crippen molar-refractivity contribution in [2.45, 2.75) is 52.4 Å². The van der Waals surface area contributed by atoms with E-state index in [0.29, 0.717) is 0 Å². The lowest BCUT2D eigenvalue weighted by Gasteiger charge is -2.39. The highest BCUT2D eigenvalue weighted by Gasteiger charge is 2.45. The second-order valence-corrected chi connectivity index (χ2v) is 22.7. The summed E-state index contributed by atoms with van der Waals surface area (Å²) in [7, 11) is 0. The molecule has 0 atom stereocenters. The first kappa shape index (κ1) is 38.7. The molecule has 13 aromatic rings. The second-order valence-electron chi connectivity index (χ2n) is 21.6. The maximum atomic E-state index is 2.68. The zero-order chi connectivity index (χ0) is 45.5. The highest BCUT2D eigenvalue weighted by Crippen LogP contribution is 2.50. The summed E-state index contributed by atoms with van der Waals surface area (Å²) in [5, 5.41) is 19.6. The lowest BCUT2D eigenvalue weighted by Crippen LogP contribution is -2.59. The highest BCUT2D eigenvalue weighted by atomic mass is 32.1. The summed E-state index contributed by atoms with van der Waals surface area (Å²) in [6, 6.07) is 67.9. The molecular formula is C64H47BN2S. The number of fused-ring (bicyclic) bond motifs is 22. The van der Waals surface area contributed by atoms with Crippen LogP contribution >= 0.6 is 11.3 Å². The maximum Gasteiger partial charge on any atom is 0.265 e. The molecule has 4 heterocycles. The van der Waals surface area contributed by atoms with Crippen molar-refractivity contribution in [3.05, 3.63) is 187 Å². The minimum absolute atomic E-state index is 0.00429. The first-order valence-electron chi connectivity index (χ1n) is 24.2. The van der Waals surface area contributed by atoms with Crippen LogP contribution in [0.2, 0.25) is 0 Å². The maximum absolute atomic E-state index is 2.68. The molecule has 11 aromatic carbocycles. The van der Waals surface area contributed by atoms with Gasteiger partial charge in [0.05, 0.1) is 16.7 Å². The van der Waals surface area contributed by atoms with Gasteiger partial charge in [0.1, 0.15) is 0 Å². The number of benzene rings is 11. The van der Waals surface area contributed by atoms with E-state index in [0.717, 1.165) is 0 Å². The third-order valence-electron chi connectivity index (χ3n) is 15.8. The molecule has 0 saturated heterocycles. The molecule has 0 amide bonds. The fraction of sp³-hybridized carbons (Fsp3) is 0.125. The van der Waals surface area contributed by atoms with Crippen molar-refractivity contribution >= 4 is 147 Å². The summed E-state index contributed by atoms with van der Waals surface area (Å²) in [5.41, 5.74) is 13.1. The Hall–Kier alpha value is -7.40. The van der Waals surface area contributed by atoms with Crippen molar-refractivity contribution in [2.24, 2.45) is 0 Å². The third kappa shape index (κ3) is 4.98. The van der Waals surface area contributed by atoms with Crippen molar-refractivity contribution in [2.75, 3.05) is 4.90 Å². The summed E-state index contributed by atoms with van der Waals surface area (Å²) in [6.07, 6.45) is 0. The van der Waals surface area contributed by atoms with Crippen LogP contribution in [-0.2, 0) is 10.8 Å². The Balaban J connectivity index is 1.18. The topological polar surface area (TPSA) is 8.17 Å². The smallest absolute Gasteiger partial charge is 0.265 e. The monoisotopic (exact) mass is 886 g/mol. The van der Waals surface area contributed by atoms with Crippen LogP contribution in [0.4, 0.5) is 17.1 Å². The molecule has 0 saturated carbocycles. The molecule has 2 aromatic heterocycles. The van der Waals surface area contributed by atoms with Crippen LogP contribution in [0.15, 0.2) is 176 Å². The van der Waals surface area contributed by atoms with Gasteiger partial charge in [-0.3, -0.25) is 0 Å². The molecule has 0 N–H and O–H groups in total. The van der Waals surface area contributed by atoms with Gasteiger partial charge in [0.2, 0.25) is 0 Å². The van der Waals surface area contributed by atoms with Crippen molar-refractivity contribution in [1.82, 2.24) is 4.57 Å². The predicted molar refractivity (Wildman–Crippen MR) is 298 cm³/mol. The van der Waals surface area contributed by atoms with E-state index in [2.05, 4.69) is 227 Å². The first-order chi connectivity index (χ1) is 33.0. The molecule has 0 spiro atoms. The van der Waals surface area contributed by atoms with Gasteiger partial charge in [-0.05, 0) is 152 Å². The van der Waals surface area contributed by atoms with Crippen LogP contribution in [0.5, 0.6) is 0 Å². The van der Waals surface area contributed by atoms with E-state index in [-0.39, 0.29) is 17.5 Å². The van der Waals surface area contributed by atoms with Gasteiger partial charge >= 0.3 is 0 Å². The van der Waals surface area contributed by atoms with Crippen LogP contribution in [0, 0.1) is 0 Å². The van der Waals surface area contributed by atoms with E-state index >= 15 is 0 Å². The minimum atomic E-state index is -0.0135. The standard InChI is InChI=1S/C64H47BN2S/c1-63(2,3)36-26-29-38(30-27-36)66-53-24-15-25-54-58(53)65(62-61(66)52-32-37(64(4,5)6)28-31-56(52)68-62)59-57-46-23-14-13-19-42(46)41-18-9-12-22-45(41)50(57)34-51-49-33-47-43-20-10-7-16-39(43)40-17-8-11-21-44(40)48(47)35-55(49)67(54)60(51)59/h7-35H,1-6H3. The average molecular weight is 887 g/mol. The number of rotatable bonds is 1. The molecule has 4 heteroatoms. The first-order valence-corrected chi connectivity index (χ1v) is 25.0. The molecule has 15 rings (SSSR count). The quantitative estimate of drug-likeness (QED) is 0.118. The lowest BCUT2D eigenvalue weighted by atomic mass is 9.36. The van der Waals surface area contributed by atoms with Gasteiger partial charge < -0.3 is 9.47 Å². The summed E-state index contributed by atoms with van der Waals surface area (Å²) in [5.74, 6) is 0. The van der Waals surface area contributed by atoms with Gasteiger partial charge in [-0.1, -0.05) is 163 Å². The highest BCUT2D eigenvalue weighted by molar-refractivity contribution is 7.34. The van der Waals surface area contributed by atoms with Crippen LogP contribution in [0.3, 0.4) is 0 Å². The Morgan fingerprint density at radius 3 is 1.53 bits per heavy atom. The molecule has 0 bridgehead atoms. The van der Waals surface area contributed by atoms with Crippen molar-refractivity contribution in [1.29, 1.82) is 0 Å². The largest absolute Gasteiger partial charge is 0.310 e. The van der Waals surface area contributed by atoms with Crippen LogP contribution in [-0.4, -0.2) is 11.3 Å². The van der Waals surface area contributed by atoms with E-state index < -0.39 is 0 Å². The van der Waals surface area contributed by atoms with E-state index in [1.165, 1.54) is 146 Å². The molecule has 322 valence electrons. The summed E-state index contributed by atoms with van der Waals surface area (Å²) < 4.78 is 5.42. The molecule has 0 aliphatic carbocycles. The van der Waals surface area contributed by atoms with E-state index in [9.17, 15) is 0 Å². The zero-order valence-corrected chi connectivity index (χ0v) is 39.9. The van der Waals surface area contributed by atoms with Crippen LogP contribution in [0.1, 0.15) is 52.7 Å². The number of hydrogen-bond donors (Lipinski definition) is 0. The lowest BCUT2D eigenvalue weighted by molar-refractivity contribution is 0.590. The van der Waals surface area contributed by atoms with Crippen molar-refractivity contribution < 1.29 is 0 Å². The summed E-state index contributed by atoms with van der Waals surface area (Å²) >= 11 is 2.00. The van der Waals surface area contributed by atoms with E-state index in [4.69, 9.17) is 0 Å². The van der Waals surface area contributed by atoms with Gasteiger partial charge in [-0.2, -0.15) is 0 Å². The van der Waals surface area contributed by atoms with E-state index in [1.807, 2.05) is 11.3 Å². The van der Waals surface area contributed by atoms with Crippen LogP contribution < -0.4 is 20.6 Å². The van der Waals surface area contributed by atoms with Gasteiger partial charge in [-0.15, -0.1) is 11.3 Å². The minimum Gasteiger partial charge on any atom is -0.310 e. The Morgan fingerprint density at radius 1 is 0.397 bits per heavy atom. The molecule has 2 nitrogen and oxygen atoms in total. The zero-order valence-electron chi connectivity index (χ0n) is 39.1. The Labute approximate surface area is 399 Å². The Bertz CT molecular complexity index is 4400. The average Bonchev–Trinajstić information content (AvgIpc) is 3.89. The molecule has 0 radical (unpaired) electrons. The molecule has 2 aliphatic rings. The Morgan fingerprint density at radius 2 is 0.912 bits per heavy atom. The normalized spacial score (nSPS) is 13.7. The van der Waals surface area contributed by atoms with Gasteiger partial charge in [0.25, 0.3) is 6.71 Å². The molecule has 68 heavy (non-hydrogen) atoms. The predicted octanol–water partition coefficient (Wildman–Crippen LogP) is 16.1. The molecular weight excluding hydrogens is 840 g/mol. The molecule has 0 fully saturated rings. The molecule has 0 unspecified atom stereocenters. The number of anilines is 3. The summed E-state index contributed by atoms with van der Waals surface area (Å²) in [4.78, 5) is 2.63. The van der Waals surface area contributed by atoms with Gasteiger partial charge in [-0.25, -0.2) is 0 Å². The fourth-order valence-electron chi connectivity index (χ4n) is 12.7. The SMILES string of the molecule is CC(C)(C)c1ccc(N2c3cccc4c3B(c3sc5ccc(C(C)(C)C)cc5c32)c2c3c5ccccc5c5ccccc5c3cc3c5cc6c7ccccc7c7ccccc7c6cc5n-4c23)cc1. The van der Waals surface area contributed by atoms with Gasteiger partial charge in [0.15, 0.2) is 0 Å². The number of nitrogens with zero attached hydrogens (tertiary/aromatic N) is 2. The van der Waals surface area contributed by atoms with Crippen LogP contribution in [0.25, 0.3) is 102 Å². The number of aromatic nitrogens is 1.